The molecule has 2 aromatic carbocycles. The molecule has 0 spiro atoms. The van der Waals surface area contributed by atoms with Gasteiger partial charge in [0.05, 0.1) is 23.8 Å². The van der Waals surface area contributed by atoms with Crippen molar-refractivity contribution in [2.45, 2.75) is 29.1 Å². The molecule has 176 valence electrons. The Hall–Kier alpha value is -2.49. The molecule has 2 heterocycles. The Kier molecular flexibility index (Phi) is 7.62. The summed E-state index contributed by atoms with van der Waals surface area (Å²) in [6, 6.07) is 12.4. The Morgan fingerprint density at radius 2 is 1.85 bits per heavy atom. The molecule has 0 aliphatic carbocycles. The molecule has 0 unspecified atom stereocenters. The first-order chi connectivity index (χ1) is 16.0. The molecule has 1 N–H and O–H groups in total. The number of piperidine rings is 1. The van der Waals surface area contributed by atoms with E-state index in [9.17, 15) is 13.2 Å². The van der Waals surface area contributed by atoms with Gasteiger partial charge in [0, 0.05) is 42.1 Å². The number of sulfonamides is 1. The Labute approximate surface area is 199 Å². The second-order valence-corrected chi connectivity index (χ2v) is 10.9. The molecule has 2 aliphatic rings. The Bertz CT molecular complexity index is 1110. The lowest BCUT2D eigenvalue weighted by Crippen LogP contribution is -2.41. The van der Waals surface area contributed by atoms with Crippen LogP contribution >= 0.6 is 11.8 Å². The average Bonchev–Trinajstić information content (AvgIpc) is 3.08. The number of hydrogen-bond donors (Lipinski definition) is 1. The van der Waals surface area contributed by atoms with Crippen LogP contribution in [0.4, 0.5) is 5.69 Å². The predicted molar refractivity (Wildman–Crippen MR) is 130 cm³/mol. The van der Waals surface area contributed by atoms with Crippen LogP contribution in [-0.4, -0.2) is 50.7 Å². The van der Waals surface area contributed by atoms with Crippen molar-refractivity contribution >= 4 is 33.4 Å². The lowest BCUT2D eigenvalue weighted by Gasteiger charge is -2.30. The number of carbonyl (C=O) groups excluding carboxylic acids is 1. The predicted octanol–water partition coefficient (Wildman–Crippen LogP) is 4.17. The van der Waals surface area contributed by atoms with Crippen molar-refractivity contribution in [1.82, 2.24) is 4.31 Å². The van der Waals surface area contributed by atoms with Gasteiger partial charge in [0.2, 0.25) is 15.9 Å². The quantitative estimate of drug-likeness (QED) is 0.465. The van der Waals surface area contributed by atoms with Gasteiger partial charge in [-0.2, -0.15) is 4.31 Å². The van der Waals surface area contributed by atoms with Crippen LogP contribution in [0.25, 0.3) is 0 Å². The van der Waals surface area contributed by atoms with Gasteiger partial charge in [-0.15, -0.1) is 18.3 Å². The summed E-state index contributed by atoms with van der Waals surface area (Å²) >= 11 is 1.61. The minimum Gasteiger partial charge on any atom is -0.490 e. The third-order valence-corrected chi connectivity index (χ3v) is 8.65. The molecule has 0 saturated carbocycles. The second kappa shape index (κ2) is 10.6. The lowest BCUT2D eigenvalue weighted by molar-refractivity contribution is -0.120. The third kappa shape index (κ3) is 5.54. The standard InChI is InChI=1S/C24H28N2O5S2/c1-2-16-32-23-7-4-3-6-20(23)25-24(27)18-10-12-26(13-11-18)33(28,29)19-8-9-21-22(17-19)31-15-5-14-30-21/h2-4,6-9,17-18H,1,5,10-16H2,(H,25,27). The zero-order valence-corrected chi connectivity index (χ0v) is 20.0. The number of anilines is 1. The summed E-state index contributed by atoms with van der Waals surface area (Å²) in [4.78, 5) is 14.0. The van der Waals surface area contributed by atoms with Crippen LogP contribution in [0.5, 0.6) is 11.5 Å². The van der Waals surface area contributed by atoms with Crippen LogP contribution in [0.1, 0.15) is 19.3 Å². The maximum absolute atomic E-state index is 13.2. The van der Waals surface area contributed by atoms with Crippen molar-refractivity contribution in [3.63, 3.8) is 0 Å². The van der Waals surface area contributed by atoms with E-state index in [1.54, 1.807) is 23.9 Å². The van der Waals surface area contributed by atoms with Gasteiger partial charge in [0.15, 0.2) is 11.5 Å². The van der Waals surface area contributed by atoms with Crippen LogP contribution in [0.15, 0.2) is 64.9 Å². The van der Waals surface area contributed by atoms with Gasteiger partial charge in [-0.3, -0.25) is 4.79 Å². The van der Waals surface area contributed by atoms with Crippen molar-refractivity contribution in [1.29, 1.82) is 0 Å². The molecule has 2 aliphatic heterocycles. The minimum atomic E-state index is -3.68. The molecular formula is C24H28N2O5S2. The van der Waals surface area contributed by atoms with Crippen LogP contribution in [0.3, 0.4) is 0 Å². The van der Waals surface area contributed by atoms with E-state index in [0.29, 0.717) is 50.6 Å². The number of benzene rings is 2. The highest BCUT2D eigenvalue weighted by atomic mass is 32.2. The second-order valence-electron chi connectivity index (χ2n) is 7.92. The summed E-state index contributed by atoms with van der Waals surface area (Å²) in [6.45, 7) is 5.37. The van der Waals surface area contributed by atoms with E-state index in [4.69, 9.17) is 9.47 Å². The van der Waals surface area contributed by atoms with Gasteiger partial charge < -0.3 is 14.8 Å². The van der Waals surface area contributed by atoms with E-state index in [1.165, 1.54) is 10.4 Å². The van der Waals surface area contributed by atoms with Crippen LogP contribution in [0.2, 0.25) is 0 Å². The van der Waals surface area contributed by atoms with Crippen LogP contribution < -0.4 is 14.8 Å². The highest BCUT2D eigenvalue weighted by Gasteiger charge is 2.33. The zero-order valence-electron chi connectivity index (χ0n) is 18.4. The number of thioether (sulfide) groups is 1. The molecule has 1 saturated heterocycles. The molecule has 2 aromatic rings. The van der Waals surface area contributed by atoms with Gasteiger partial charge in [0.25, 0.3) is 0 Å². The van der Waals surface area contributed by atoms with E-state index < -0.39 is 10.0 Å². The van der Waals surface area contributed by atoms with Gasteiger partial charge in [-0.25, -0.2) is 8.42 Å². The first kappa shape index (κ1) is 23.7. The summed E-state index contributed by atoms with van der Waals surface area (Å²) in [5.74, 6) is 1.46. The fourth-order valence-electron chi connectivity index (χ4n) is 3.89. The Balaban J connectivity index is 1.39. The normalized spacial score (nSPS) is 17.2. The van der Waals surface area contributed by atoms with Crippen molar-refractivity contribution in [2.75, 3.05) is 37.4 Å². The molecule has 1 fully saturated rings. The number of ether oxygens (including phenoxy) is 2. The number of hydrogen-bond acceptors (Lipinski definition) is 6. The van der Waals surface area contributed by atoms with E-state index in [0.717, 1.165) is 22.8 Å². The number of amides is 1. The zero-order chi connectivity index (χ0) is 23.3. The van der Waals surface area contributed by atoms with Gasteiger partial charge in [-0.1, -0.05) is 18.2 Å². The highest BCUT2D eigenvalue weighted by Crippen LogP contribution is 2.34. The Morgan fingerprint density at radius 3 is 2.61 bits per heavy atom. The first-order valence-corrected chi connectivity index (χ1v) is 13.4. The van der Waals surface area contributed by atoms with Crippen molar-refractivity contribution in [2.24, 2.45) is 5.92 Å². The summed E-state index contributed by atoms with van der Waals surface area (Å²) < 4.78 is 39.1. The number of carbonyl (C=O) groups is 1. The molecule has 0 atom stereocenters. The number of nitrogens with one attached hydrogen (secondary N) is 1. The summed E-state index contributed by atoms with van der Waals surface area (Å²) in [6.07, 6.45) is 3.52. The van der Waals surface area contributed by atoms with Crippen molar-refractivity contribution in [3.8, 4) is 11.5 Å². The highest BCUT2D eigenvalue weighted by molar-refractivity contribution is 7.99. The van der Waals surface area contributed by atoms with E-state index in [-0.39, 0.29) is 16.7 Å². The average molecular weight is 489 g/mol. The fraction of sp³-hybridized carbons (Fsp3) is 0.375. The number of nitrogens with zero attached hydrogens (tertiary/aromatic N) is 1. The Morgan fingerprint density at radius 1 is 1.12 bits per heavy atom. The molecule has 0 aromatic heterocycles. The maximum atomic E-state index is 13.2. The molecular weight excluding hydrogens is 460 g/mol. The topological polar surface area (TPSA) is 84.9 Å². The van der Waals surface area contributed by atoms with Crippen molar-refractivity contribution < 1.29 is 22.7 Å². The summed E-state index contributed by atoms with van der Waals surface area (Å²) in [5.41, 5.74) is 0.775. The SMILES string of the molecule is C=CCSc1ccccc1NC(=O)C1CCN(S(=O)(=O)c2ccc3c(c2)OCCCO3)CC1. The van der Waals surface area contributed by atoms with E-state index in [1.807, 2.05) is 30.3 Å². The van der Waals surface area contributed by atoms with E-state index in [2.05, 4.69) is 11.9 Å². The molecule has 0 bridgehead atoms. The molecule has 0 radical (unpaired) electrons. The molecule has 7 nitrogen and oxygen atoms in total. The minimum absolute atomic E-state index is 0.0747. The summed E-state index contributed by atoms with van der Waals surface area (Å²) in [5, 5.41) is 3.02. The van der Waals surface area contributed by atoms with Gasteiger partial charge in [0.1, 0.15) is 0 Å². The third-order valence-electron chi connectivity index (χ3n) is 5.68. The first-order valence-electron chi connectivity index (χ1n) is 11.0. The molecule has 4 rings (SSSR count). The number of para-hydroxylation sites is 1. The summed E-state index contributed by atoms with van der Waals surface area (Å²) in [7, 11) is -3.68. The van der Waals surface area contributed by atoms with Crippen LogP contribution in [0, 0.1) is 5.92 Å². The number of fused-ring (bicyclic) bond motifs is 1. The maximum Gasteiger partial charge on any atom is 0.243 e. The fourth-order valence-corrected chi connectivity index (χ4v) is 6.12. The monoisotopic (exact) mass is 488 g/mol. The van der Waals surface area contributed by atoms with Crippen LogP contribution in [-0.2, 0) is 14.8 Å². The smallest absolute Gasteiger partial charge is 0.243 e. The molecule has 9 heteroatoms. The van der Waals surface area contributed by atoms with Gasteiger partial charge >= 0.3 is 0 Å². The van der Waals surface area contributed by atoms with Crippen molar-refractivity contribution in [3.05, 3.63) is 55.1 Å². The molecule has 33 heavy (non-hydrogen) atoms. The molecule has 1 amide bonds. The van der Waals surface area contributed by atoms with E-state index >= 15 is 0 Å². The van der Waals surface area contributed by atoms with Gasteiger partial charge in [-0.05, 0) is 37.1 Å². The number of rotatable bonds is 7. The largest absolute Gasteiger partial charge is 0.490 e. The lowest BCUT2D eigenvalue weighted by atomic mass is 9.97.